The lowest BCUT2D eigenvalue weighted by Crippen LogP contribution is -2.14. The Labute approximate surface area is 108 Å². The normalized spacial score (nSPS) is 20.0. The van der Waals surface area contributed by atoms with Crippen molar-refractivity contribution in [2.75, 3.05) is 13.2 Å². The zero-order valence-corrected chi connectivity index (χ0v) is 11.6. The molecule has 0 amide bonds. The van der Waals surface area contributed by atoms with Crippen LogP contribution in [0.25, 0.3) is 0 Å². The second kappa shape index (κ2) is 6.47. The highest BCUT2D eigenvalue weighted by Gasteiger charge is 2.22. The number of unbranched alkanes of at least 4 members (excludes halogenated alkanes) is 1. The summed E-state index contributed by atoms with van der Waals surface area (Å²) in [6.45, 7) is 7.27. The van der Waals surface area contributed by atoms with Crippen molar-refractivity contribution < 1.29 is 4.74 Å². The lowest BCUT2D eigenvalue weighted by Gasteiger charge is -2.03. The lowest BCUT2D eigenvalue weighted by atomic mass is 10.2. The molecular weight excluding hydrogens is 232 g/mol. The number of rotatable bonds is 6. The Balaban J connectivity index is 1.89. The maximum atomic E-state index is 5.68. The second-order valence-corrected chi connectivity index (χ2v) is 5.71. The van der Waals surface area contributed by atoms with Gasteiger partial charge >= 0.3 is 0 Å². The van der Waals surface area contributed by atoms with Gasteiger partial charge in [-0.3, -0.25) is 0 Å². The Morgan fingerprint density at radius 1 is 1.53 bits per heavy atom. The number of nitrogens with one attached hydrogen (secondary N) is 1. The number of aryl methyl sites for hydroxylation is 1. The largest absolute Gasteiger partial charge is 0.371 e. The van der Waals surface area contributed by atoms with E-state index >= 15 is 0 Å². The maximum absolute atomic E-state index is 5.68. The molecular formula is C13H22N2OS. The molecule has 17 heavy (non-hydrogen) atoms. The van der Waals surface area contributed by atoms with Gasteiger partial charge in [0.05, 0.1) is 5.69 Å². The van der Waals surface area contributed by atoms with Crippen LogP contribution in [0.4, 0.5) is 0 Å². The van der Waals surface area contributed by atoms with Gasteiger partial charge in [-0.1, -0.05) is 13.3 Å². The summed E-state index contributed by atoms with van der Waals surface area (Å²) in [5, 5.41) is 4.65. The third-order valence-electron chi connectivity index (χ3n) is 3.11. The van der Waals surface area contributed by atoms with Gasteiger partial charge in [-0.15, -0.1) is 11.3 Å². The molecule has 0 saturated carbocycles. The van der Waals surface area contributed by atoms with Crippen molar-refractivity contribution in [3.05, 3.63) is 15.6 Å². The Bertz CT molecular complexity index is 345. The molecule has 1 atom stereocenters. The summed E-state index contributed by atoms with van der Waals surface area (Å²) >= 11 is 1.82. The molecule has 1 N–H and O–H groups in total. The van der Waals surface area contributed by atoms with Gasteiger partial charge in [0.15, 0.2) is 0 Å². The molecule has 0 aromatic carbocycles. The maximum Gasteiger partial charge on any atom is 0.122 e. The predicted octanol–water partition coefficient (Wildman–Crippen LogP) is 3.19. The Hall–Kier alpha value is -0.450. The first-order chi connectivity index (χ1) is 8.31. The molecule has 0 radical (unpaired) electrons. The van der Waals surface area contributed by atoms with E-state index in [-0.39, 0.29) is 6.10 Å². The molecule has 0 spiro atoms. The molecule has 96 valence electrons. The molecule has 1 unspecified atom stereocenters. The predicted molar refractivity (Wildman–Crippen MR) is 71.4 cm³/mol. The number of nitrogens with zero attached hydrogens (tertiary/aromatic N) is 1. The molecule has 1 fully saturated rings. The van der Waals surface area contributed by atoms with Crippen molar-refractivity contribution in [3.8, 4) is 0 Å². The van der Waals surface area contributed by atoms with Crippen LogP contribution >= 0.6 is 11.3 Å². The third-order valence-corrected chi connectivity index (χ3v) is 4.36. The Kier molecular flexibility index (Phi) is 4.95. The lowest BCUT2D eigenvalue weighted by molar-refractivity contribution is 0.111. The SMILES string of the molecule is CCCCNCc1sc(C2CCCO2)nc1C. The molecule has 2 rings (SSSR count). The average Bonchev–Trinajstić information content (AvgIpc) is 2.94. The third kappa shape index (κ3) is 3.50. The Morgan fingerprint density at radius 2 is 2.41 bits per heavy atom. The van der Waals surface area contributed by atoms with E-state index in [1.807, 2.05) is 11.3 Å². The van der Waals surface area contributed by atoms with Crippen LogP contribution in [0.3, 0.4) is 0 Å². The van der Waals surface area contributed by atoms with Crippen LogP contribution in [0.5, 0.6) is 0 Å². The highest BCUT2D eigenvalue weighted by Crippen LogP contribution is 2.32. The van der Waals surface area contributed by atoms with Gasteiger partial charge in [-0.05, 0) is 32.7 Å². The van der Waals surface area contributed by atoms with Gasteiger partial charge in [-0.25, -0.2) is 4.98 Å². The van der Waals surface area contributed by atoms with Crippen molar-refractivity contribution in [3.63, 3.8) is 0 Å². The summed E-state index contributed by atoms with van der Waals surface area (Å²) in [6.07, 6.45) is 5.07. The van der Waals surface area contributed by atoms with Crippen LogP contribution in [0.1, 0.15) is 54.3 Å². The van der Waals surface area contributed by atoms with Crippen LogP contribution in [0, 0.1) is 6.92 Å². The minimum Gasteiger partial charge on any atom is -0.371 e. The zero-order valence-electron chi connectivity index (χ0n) is 10.8. The number of thiazole rings is 1. The van der Waals surface area contributed by atoms with Crippen molar-refractivity contribution >= 4 is 11.3 Å². The van der Waals surface area contributed by atoms with E-state index in [4.69, 9.17) is 4.74 Å². The number of ether oxygens (including phenoxy) is 1. The van der Waals surface area contributed by atoms with Crippen molar-refractivity contribution in [2.45, 2.75) is 52.2 Å². The van der Waals surface area contributed by atoms with Gasteiger partial charge in [0, 0.05) is 18.0 Å². The van der Waals surface area contributed by atoms with E-state index in [1.54, 1.807) is 0 Å². The van der Waals surface area contributed by atoms with E-state index in [1.165, 1.54) is 34.8 Å². The van der Waals surface area contributed by atoms with Crippen molar-refractivity contribution in [2.24, 2.45) is 0 Å². The highest BCUT2D eigenvalue weighted by molar-refractivity contribution is 7.11. The molecule has 1 aromatic heterocycles. The molecule has 1 aromatic rings. The fourth-order valence-electron chi connectivity index (χ4n) is 2.03. The van der Waals surface area contributed by atoms with Gasteiger partial charge < -0.3 is 10.1 Å². The zero-order chi connectivity index (χ0) is 12.1. The molecule has 3 nitrogen and oxygen atoms in total. The molecule has 4 heteroatoms. The van der Waals surface area contributed by atoms with Gasteiger partial charge in [-0.2, -0.15) is 0 Å². The van der Waals surface area contributed by atoms with Crippen LogP contribution in [-0.4, -0.2) is 18.1 Å². The van der Waals surface area contributed by atoms with Crippen LogP contribution in [0.15, 0.2) is 0 Å². The van der Waals surface area contributed by atoms with Crippen molar-refractivity contribution in [1.29, 1.82) is 0 Å². The fourth-order valence-corrected chi connectivity index (χ4v) is 3.15. The Morgan fingerprint density at radius 3 is 3.12 bits per heavy atom. The quantitative estimate of drug-likeness (QED) is 0.792. The number of hydrogen-bond acceptors (Lipinski definition) is 4. The molecule has 0 aliphatic carbocycles. The van der Waals surface area contributed by atoms with E-state index in [0.29, 0.717) is 0 Å². The van der Waals surface area contributed by atoms with Crippen molar-refractivity contribution in [1.82, 2.24) is 10.3 Å². The summed E-state index contributed by atoms with van der Waals surface area (Å²) in [5.74, 6) is 0. The molecule has 2 heterocycles. The fraction of sp³-hybridized carbons (Fsp3) is 0.769. The average molecular weight is 254 g/mol. The second-order valence-electron chi connectivity index (χ2n) is 4.59. The van der Waals surface area contributed by atoms with E-state index in [2.05, 4.69) is 24.1 Å². The monoisotopic (exact) mass is 254 g/mol. The molecule has 1 saturated heterocycles. The van der Waals surface area contributed by atoms with E-state index < -0.39 is 0 Å². The van der Waals surface area contributed by atoms with E-state index in [9.17, 15) is 0 Å². The van der Waals surface area contributed by atoms with Crippen LogP contribution < -0.4 is 5.32 Å². The summed E-state index contributed by atoms with van der Waals surface area (Å²) in [7, 11) is 0. The van der Waals surface area contributed by atoms with Crippen LogP contribution in [-0.2, 0) is 11.3 Å². The first kappa shape index (κ1) is 13.0. The smallest absolute Gasteiger partial charge is 0.122 e. The summed E-state index contributed by atoms with van der Waals surface area (Å²) in [5.41, 5.74) is 1.17. The molecule has 1 aliphatic heterocycles. The summed E-state index contributed by atoms with van der Waals surface area (Å²) < 4.78 is 5.68. The van der Waals surface area contributed by atoms with E-state index in [0.717, 1.165) is 26.1 Å². The highest BCUT2D eigenvalue weighted by atomic mass is 32.1. The minimum atomic E-state index is 0.267. The minimum absolute atomic E-state index is 0.267. The van der Waals surface area contributed by atoms with Gasteiger partial charge in [0.25, 0.3) is 0 Å². The first-order valence-corrected chi connectivity index (χ1v) is 7.41. The topological polar surface area (TPSA) is 34.1 Å². The summed E-state index contributed by atoms with van der Waals surface area (Å²) in [6, 6.07) is 0. The van der Waals surface area contributed by atoms with Gasteiger partial charge in [0.1, 0.15) is 11.1 Å². The molecule has 0 bridgehead atoms. The number of aromatic nitrogens is 1. The van der Waals surface area contributed by atoms with Gasteiger partial charge in [0.2, 0.25) is 0 Å². The standard InChI is InChI=1S/C13H22N2OS/c1-3-4-7-14-9-12-10(2)15-13(17-12)11-6-5-8-16-11/h11,14H,3-9H2,1-2H3. The number of hydrogen-bond donors (Lipinski definition) is 1. The summed E-state index contributed by atoms with van der Waals surface area (Å²) in [4.78, 5) is 6.01. The first-order valence-electron chi connectivity index (χ1n) is 6.59. The van der Waals surface area contributed by atoms with Crippen LogP contribution in [0.2, 0.25) is 0 Å². The molecule has 1 aliphatic rings.